The second kappa shape index (κ2) is 7.27. The van der Waals surface area contributed by atoms with Crippen LogP contribution in [-0.2, 0) is 20.7 Å². The molecule has 4 nitrogen and oxygen atoms in total. The molecule has 0 radical (unpaired) electrons. The Morgan fingerprint density at radius 2 is 1.92 bits per heavy atom. The summed E-state index contributed by atoms with van der Waals surface area (Å²) >= 11 is 1.52. The van der Waals surface area contributed by atoms with Crippen LogP contribution in [0, 0.1) is 0 Å². The highest BCUT2D eigenvalue weighted by Gasteiger charge is 2.18. The largest absolute Gasteiger partial charge is 0.452 e. The van der Waals surface area contributed by atoms with Crippen LogP contribution in [0.2, 0.25) is 0 Å². The molecule has 0 aliphatic carbocycles. The van der Waals surface area contributed by atoms with Crippen molar-refractivity contribution < 1.29 is 14.3 Å². The van der Waals surface area contributed by atoms with Crippen LogP contribution in [0.5, 0.6) is 0 Å². The van der Waals surface area contributed by atoms with Crippen molar-refractivity contribution in [3.05, 3.63) is 64.9 Å². The van der Waals surface area contributed by atoms with Crippen molar-refractivity contribution in [2.45, 2.75) is 19.4 Å². The van der Waals surface area contributed by atoms with Gasteiger partial charge in [0.25, 0.3) is 5.91 Å². The lowest BCUT2D eigenvalue weighted by Crippen LogP contribution is -2.30. The maximum atomic E-state index is 12.2. The molecule has 122 valence electrons. The maximum Gasteiger partial charge on any atom is 0.311 e. The molecule has 5 heteroatoms. The van der Waals surface area contributed by atoms with E-state index in [9.17, 15) is 9.59 Å². The van der Waals surface area contributed by atoms with E-state index in [2.05, 4.69) is 5.32 Å². The highest BCUT2D eigenvalue weighted by Crippen LogP contribution is 2.19. The smallest absolute Gasteiger partial charge is 0.311 e. The van der Waals surface area contributed by atoms with E-state index in [1.165, 1.54) is 11.3 Å². The van der Waals surface area contributed by atoms with Gasteiger partial charge in [0.2, 0.25) is 0 Å². The van der Waals surface area contributed by atoms with E-state index in [1.54, 1.807) is 6.92 Å². The molecule has 1 N–H and O–H groups in total. The van der Waals surface area contributed by atoms with E-state index < -0.39 is 12.1 Å². The van der Waals surface area contributed by atoms with Gasteiger partial charge in [-0.1, -0.05) is 30.3 Å². The number of nitrogens with one attached hydrogen (secondary N) is 1. The SMILES string of the molecule is C[C@H](OC(=O)Cc1ccsc1)C(=O)Nc1ccc2ccccc2c1. The minimum atomic E-state index is -0.845. The third kappa shape index (κ3) is 4.00. The van der Waals surface area contributed by atoms with Crippen LogP contribution >= 0.6 is 11.3 Å². The van der Waals surface area contributed by atoms with Crippen LogP contribution in [0.15, 0.2) is 59.3 Å². The van der Waals surface area contributed by atoms with Crippen molar-refractivity contribution in [3.63, 3.8) is 0 Å². The normalized spacial score (nSPS) is 11.9. The quantitative estimate of drug-likeness (QED) is 0.715. The first-order chi connectivity index (χ1) is 11.6. The lowest BCUT2D eigenvalue weighted by Gasteiger charge is -2.13. The number of hydrogen-bond donors (Lipinski definition) is 1. The number of thiophene rings is 1. The average molecular weight is 339 g/mol. The van der Waals surface area contributed by atoms with Gasteiger partial charge in [-0.15, -0.1) is 0 Å². The number of carbonyl (C=O) groups excluding carboxylic acids is 2. The highest BCUT2D eigenvalue weighted by molar-refractivity contribution is 7.08. The second-order valence-corrected chi connectivity index (χ2v) is 6.27. The Morgan fingerprint density at radius 1 is 1.12 bits per heavy atom. The average Bonchev–Trinajstić information content (AvgIpc) is 3.07. The summed E-state index contributed by atoms with van der Waals surface area (Å²) in [4.78, 5) is 24.1. The molecule has 0 fully saturated rings. The van der Waals surface area contributed by atoms with Crippen LogP contribution in [0.25, 0.3) is 10.8 Å². The van der Waals surface area contributed by atoms with Crippen LogP contribution in [-0.4, -0.2) is 18.0 Å². The molecule has 0 unspecified atom stereocenters. The summed E-state index contributed by atoms with van der Waals surface area (Å²) in [5.74, 6) is -0.751. The van der Waals surface area contributed by atoms with Crippen LogP contribution in [0.1, 0.15) is 12.5 Å². The van der Waals surface area contributed by atoms with E-state index in [0.717, 1.165) is 16.3 Å². The van der Waals surface area contributed by atoms with Gasteiger partial charge in [-0.05, 0) is 52.2 Å². The summed E-state index contributed by atoms with van der Waals surface area (Å²) in [6.45, 7) is 1.57. The van der Waals surface area contributed by atoms with Crippen molar-refractivity contribution in [1.29, 1.82) is 0 Å². The predicted molar refractivity (Wildman–Crippen MR) is 96.2 cm³/mol. The van der Waals surface area contributed by atoms with Gasteiger partial charge in [0, 0.05) is 5.69 Å². The summed E-state index contributed by atoms with van der Waals surface area (Å²) in [7, 11) is 0. The van der Waals surface area contributed by atoms with Crippen molar-refractivity contribution in [3.8, 4) is 0 Å². The number of fused-ring (bicyclic) bond motifs is 1. The molecule has 3 rings (SSSR count). The Balaban J connectivity index is 1.59. The zero-order valence-electron chi connectivity index (χ0n) is 13.2. The number of amides is 1. The fourth-order valence-electron chi connectivity index (χ4n) is 2.36. The Morgan fingerprint density at radius 3 is 2.67 bits per heavy atom. The van der Waals surface area contributed by atoms with Gasteiger partial charge >= 0.3 is 5.97 Å². The van der Waals surface area contributed by atoms with Crippen molar-refractivity contribution in [2.24, 2.45) is 0 Å². The molecule has 0 bridgehead atoms. The van der Waals surface area contributed by atoms with Crippen LogP contribution < -0.4 is 5.32 Å². The number of hydrogen-bond acceptors (Lipinski definition) is 4. The fraction of sp³-hybridized carbons (Fsp3) is 0.158. The Kier molecular flexibility index (Phi) is 4.91. The molecule has 1 aromatic heterocycles. The first-order valence-electron chi connectivity index (χ1n) is 7.62. The first kappa shape index (κ1) is 16.2. The van der Waals surface area contributed by atoms with Gasteiger partial charge in [-0.25, -0.2) is 0 Å². The van der Waals surface area contributed by atoms with Gasteiger partial charge in [0.15, 0.2) is 6.10 Å². The van der Waals surface area contributed by atoms with Gasteiger partial charge in [0.1, 0.15) is 0 Å². The Labute approximate surface area is 144 Å². The fourth-order valence-corrected chi connectivity index (χ4v) is 3.03. The molecule has 3 aromatic rings. The molecule has 2 aromatic carbocycles. The van der Waals surface area contributed by atoms with Gasteiger partial charge in [-0.2, -0.15) is 11.3 Å². The molecule has 0 aliphatic rings. The number of anilines is 1. The van der Waals surface area contributed by atoms with Crippen LogP contribution in [0.4, 0.5) is 5.69 Å². The third-order valence-corrected chi connectivity index (χ3v) is 4.36. The molecule has 0 aliphatic heterocycles. The van der Waals surface area contributed by atoms with Gasteiger partial charge in [0.05, 0.1) is 6.42 Å². The monoisotopic (exact) mass is 339 g/mol. The summed E-state index contributed by atoms with van der Waals surface area (Å²) in [5.41, 5.74) is 1.58. The van der Waals surface area contributed by atoms with Gasteiger partial charge < -0.3 is 10.1 Å². The number of carbonyl (C=O) groups is 2. The number of ether oxygens (including phenoxy) is 1. The van der Waals surface area contributed by atoms with E-state index in [1.807, 2.05) is 59.3 Å². The van der Waals surface area contributed by atoms with E-state index in [-0.39, 0.29) is 12.3 Å². The zero-order chi connectivity index (χ0) is 16.9. The predicted octanol–water partition coefficient (Wildman–Crippen LogP) is 4.01. The van der Waals surface area contributed by atoms with Crippen molar-refractivity contribution in [2.75, 3.05) is 5.32 Å². The molecule has 0 spiro atoms. The molecule has 1 heterocycles. The highest BCUT2D eigenvalue weighted by atomic mass is 32.1. The summed E-state index contributed by atoms with van der Waals surface area (Å²) in [5, 5.41) is 8.72. The molecule has 0 saturated heterocycles. The van der Waals surface area contributed by atoms with Crippen molar-refractivity contribution in [1.82, 2.24) is 0 Å². The minimum absolute atomic E-state index is 0.178. The van der Waals surface area contributed by atoms with Gasteiger partial charge in [-0.3, -0.25) is 9.59 Å². The summed E-state index contributed by atoms with van der Waals surface area (Å²) < 4.78 is 5.20. The molecular weight excluding hydrogens is 322 g/mol. The van der Waals surface area contributed by atoms with E-state index in [0.29, 0.717) is 5.69 Å². The zero-order valence-corrected chi connectivity index (χ0v) is 14.0. The number of benzene rings is 2. The van der Waals surface area contributed by atoms with Crippen LogP contribution in [0.3, 0.4) is 0 Å². The Hall–Kier alpha value is -2.66. The van der Waals surface area contributed by atoms with E-state index >= 15 is 0 Å². The van der Waals surface area contributed by atoms with Crippen molar-refractivity contribution >= 4 is 39.7 Å². The maximum absolute atomic E-state index is 12.2. The standard InChI is InChI=1S/C19H17NO3S/c1-13(23-18(21)10-14-8-9-24-12-14)19(22)20-17-7-6-15-4-2-3-5-16(15)11-17/h2-9,11-13H,10H2,1H3,(H,20,22)/t13-/m0/s1. The topological polar surface area (TPSA) is 55.4 Å². The minimum Gasteiger partial charge on any atom is -0.452 e. The molecular formula is C19H17NO3S. The summed E-state index contributed by atoms with van der Waals surface area (Å²) in [6, 6.07) is 15.4. The lowest BCUT2D eigenvalue weighted by molar-refractivity contribution is -0.152. The molecule has 1 atom stereocenters. The first-order valence-corrected chi connectivity index (χ1v) is 8.56. The molecule has 0 saturated carbocycles. The number of esters is 1. The second-order valence-electron chi connectivity index (χ2n) is 5.49. The van der Waals surface area contributed by atoms with E-state index in [4.69, 9.17) is 4.74 Å². The Bertz CT molecular complexity index is 858. The number of rotatable bonds is 5. The molecule has 24 heavy (non-hydrogen) atoms. The lowest BCUT2D eigenvalue weighted by atomic mass is 10.1. The third-order valence-electron chi connectivity index (χ3n) is 3.62. The molecule has 1 amide bonds. The summed E-state index contributed by atoms with van der Waals surface area (Å²) in [6.07, 6.45) is -0.667.